The van der Waals surface area contributed by atoms with Crippen LogP contribution in [0.25, 0.3) is 0 Å². The molecule has 0 fully saturated rings. The molecule has 0 aliphatic heterocycles. The van der Waals surface area contributed by atoms with E-state index in [0.29, 0.717) is 11.1 Å². The molecule has 2 aromatic carbocycles. The lowest BCUT2D eigenvalue weighted by Crippen LogP contribution is -2.21. The van der Waals surface area contributed by atoms with E-state index in [1.54, 1.807) is 36.4 Å². The molecule has 0 bridgehead atoms. The maximum atomic E-state index is 11.7. The first-order valence-electron chi connectivity index (χ1n) is 7.53. The minimum absolute atomic E-state index is 0.0916. The second-order valence-electron chi connectivity index (χ2n) is 4.89. The molecule has 0 aliphatic rings. The molecule has 0 aromatic heterocycles. The molecular formula is C18H20N2O3. The number of oxime groups is 1. The Labute approximate surface area is 135 Å². The van der Waals surface area contributed by atoms with Crippen molar-refractivity contribution < 1.29 is 14.7 Å². The van der Waals surface area contributed by atoms with Crippen molar-refractivity contribution in [1.82, 2.24) is 0 Å². The number of phenolic OH excluding ortho intramolecular Hbond substituents is 1. The Bertz CT molecular complexity index is 680. The molecule has 2 aromatic rings. The minimum atomic E-state index is -0.541. The van der Waals surface area contributed by atoms with Crippen LogP contribution >= 0.6 is 0 Å². The van der Waals surface area contributed by atoms with Gasteiger partial charge < -0.3 is 14.8 Å². The Morgan fingerprint density at radius 1 is 1.17 bits per heavy atom. The summed E-state index contributed by atoms with van der Waals surface area (Å²) in [5.74, 6) is -0.449. The predicted molar refractivity (Wildman–Crippen MR) is 91.1 cm³/mol. The van der Waals surface area contributed by atoms with Gasteiger partial charge in [0.15, 0.2) is 0 Å². The molecule has 0 amide bonds. The number of hydrogen-bond acceptors (Lipinski definition) is 5. The lowest BCUT2D eigenvalue weighted by Gasteiger charge is -2.21. The molecule has 0 spiro atoms. The van der Waals surface area contributed by atoms with Crippen LogP contribution in [-0.4, -0.2) is 30.4 Å². The van der Waals surface area contributed by atoms with Gasteiger partial charge in [-0.15, -0.1) is 0 Å². The molecule has 5 nitrogen and oxygen atoms in total. The van der Waals surface area contributed by atoms with Gasteiger partial charge in [0.25, 0.3) is 0 Å². The fourth-order valence-electron chi connectivity index (χ4n) is 2.18. The lowest BCUT2D eigenvalue weighted by molar-refractivity contribution is 0.0519. The van der Waals surface area contributed by atoms with Crippen LogP contribution in [0.3, 0.4) is 0 Å². The third-order valence-electron chi connectivity index (χ3n) is 3.48. The van der Waals surface area contributed by atoms with Crippen molar-refractivity contribution in [1.29, 1.82) is 0 Å². The molecule has 2 rings (SSSR count). The van der Waals surface area contributed by atoms with E-state index >= 15 is 0 Å². The Kier molecular flexibility index (Phi) is 5.74. The summed E-state index contributed by atoms with van der Waals surface area (Å²) in [6.45, 7) is 5.83. The van der Waals surface area contributed by atoms with E-state index in [-0.39, 0.29) is 5.75 Å². The highest BCUT2D eigenvalue weighted by Gasteiger charge is 2.07. The van der Waals surface area contributed by atoms with Crippen LogP contribution in [0.2, 0.25) is 0 Å². The SMILES string of the molecule is CCN(CC)c1ccc(/C=N/OC(=O)c2ccccc2)c(O)c1. The fourth-order valence-corrected chi connectivity index (χ4v) is 2.18. The number of phenols is 1. The lowest BCUT2D eigenvalue weighted by atomic mass is 10.2. The summed E-state index contributed by atoms with van der Waals surface area (Å²) in [7, 11) is 0. The van der Waals surface area contributed by atoms with E-state index in [1.807, 2.05) is 12.1 Å². The van der Waals surface area contributed by atoms with Crippen LogP contribution in [0.1, 0.15) is 29.8 Å². The van der Waals surface area contributed by atoms with Crippen LogP contribution < -0.4 is 4.90 Å². The van der Waals surface area contributed by atoms with E-state index in [2.05, 4.69) is 23.9 Å². The molecule has 1 N–H and O–H groups in total. The van der Waals surface area contributed by atoms with Gasteiger partial charge >= 0.3 is 5.97 Å². The summed E-state index contributed by atoms with van der Waals surface area (Å²) >= 11 is 0. The monoisotopic (exact) mass is 312 g/mol. The maximum absolute atomic E-state index is 11.7. The Morgan fingerprint density at radius 2 is 1.87 bits per heavy atom. The van der Waals surface area contributed by atoms with Gasteiger partial charge in [-0.25, -0.2) is 4.79 Å². The van der Waals surface area contributed by atoms with E-state index in [9.17, 15) is 9.90 Å². The van der Waals surface area contributed by atoms with Crippen molar-refractivity contribution in [3.8, 4) is 5.75 Å². The predicted octanol–water partition coefficient (Wildman–Crippen LogP) is 3.43. The number of aromatic hydroxyl groups is 1. The van der Waals surface area contributed by atoms with Crippen LogP contribution in [0.5, 0.6) is 5.75 Å². The highest BCUT2D eigenvalue weighted by atomic mass is 16.7. The molecule has 0 saturated carbocycles. The summed E-state index contributed by atoms with van der Waals surface area (Å²) in [6.07, 6.45) is 1.32. The third-order valence-corrected chi connectivity index (χ3v) is 3.48. The smallest absolute Gasteiger partial charge is 0.365 e. The van der Waals surface area contributed by atoms with Gasteiger partial charge in [-0.1, -0.05) is 23.4 Å². The molecule has 0 heterocycles. The number of anilines is 1. The topological polar surface area (TPSA) is 62.1 Å². The van der Waals surface area contributed by atoms with Crippen LogP contribution in [0, 0.1) is 0 Å². The van der Waals surface area contributed by atoms with Crippen LogP contribution in [0.15, 0.2) is 53.7 Å². The fraction of sp³-hybridized carbons (Fsp3) is 0.222. The highest BCUT2D eigenvalue weighted by Crippen LogP contribution is 2.23. The first kappa shape index (κ1) is 16.5. The summed E-state index contributed by atoms with van der Waals surface area (Å²) in [6, 6.07) is 13.9. The number of carbonyl (C=O) groups is 1. The summed E-state index contributed by atoms with van der Waals surface area (Å²) in [5.41, 5.74) is 1.85. The third kappa shape index (κ3) is 4.32. The summed E-state index contributed by atoms with van der Waals surface area (Å²) < 4.78 is 0. The molecular weight excluding hydrogens is 292 g/mol. The van der Waals surface area contributed by atoms with E-state index in [4.69, 9.17) is 4.84 Å². The average Bonchev–Trinajstić information content (AvgIpc) is 2.58. The molecule has 0 aliphatic carbocycles. The molecule has 0 saturated heterocycles. The molecule has 0 atom stereocenters. The van der Waals surface area contributed by atoms with Gasteiger partial charge in [-0.3, -0.25) is 0 Å². The van der Waals surface area contributed by atoms with E-state index < -0.39 is 5.97 Å². The number of carbonyl (C=O) groups excluding carboxylic acids is 1. The van der Waals surface area contributed by atoms with Crippen LogP contribution in [-0.2, 0) is 4.84 Å². The molecule has 23 heavy (non-hydrogen) atoms. The number of rotatable bonds is 6. The number of hydrogen-bond donors (Lipinski definition) is 1. The second kappa shape index (κ2) is 7.98. The van der Waals surface area contributed by atoms with Gasteiger partial charge in [0.05, 0.1) is 11.8 Å². The van der Waals surface area contributed by atoms with Crippen molar-refractivity contribution in [2.45, 2.75) is 13.8 Å². The van der Waals surface area contributed by atoms with Gasteiger partial charge in [-0.05, 0) is 38.1 Å². The normalized spacial score (nSPS) is 10.7. The van der Waals surface area contributed by atoms with Gasteiger partial charge in [0.1, 0.15) is 5.75 Å². The first-order valence-corrected chi connectivity index (χ1v) is 7.53. The number of nitrogens with zero attached hydrogens (tertiary/aromatic N) is 2. The Balaban J connectivity index is 2.04. The summed E-state index contributed by atoms with van der Waals surface area (Å²) in [4.78, 5) is 18.7. The molecule has 0 unspecified atom stereocenters. The minimum Gasteiger partial charge on any atom is -0.507 e. The van der Waals surface area contributed by atoms with Gasteiger partial charge in [0, 0.05) is 30.4 Å². The Morgan fingerprint density at radius 3 is 2.48 bits per heavy atom. The van der Waals surface area contributed by atoms with Gasteiger partial charge in [0.2, 0.25) is 0 Å². The van der Waals surface area contributed by atoms with Crippen molar-refractivity contribution in [2.75, 3.05) is 18.0 Å². The van der Waals surface area contributed by atoms with Gasteiger partial charge in [-0.2, -0.15) is 0 Å². The van der Waals surface area contributed by atoms with E-state index in [1.165, 1.54) is 6.21 Å². The second-order valence-corrected chi connectivity index (χ2v) is 4.89. The van der Waals surface area contributed by atoms with E-state index in [0.717, 1.165) is 18.8 Å². The zero-order valence-corrected chi connectivity index (χ0v) is 13.3. The maximum Gasteiger partial charge on any atom is 0.365 e. The zero-order valence-electron chi connectivity index (χ0n) is 13.3. The van der Waals surface area contributed by atoms with Crippen molar-refractivity contribution >= 4 is 17.9 Å². The van der Waals surface area contributed by atoms with Crippen molar-refractivity contribution in [3.05, 3.63) is 59.7 Å². The van der Waals surface area contributed by atoms with Crippen molar-refractivity contribution in [3.63, 3.8) is 0 Å². The quantitative estimate of drug-likeness (QED) is 0.504. The zero-order chi connectivity index (χ0) is 16.7. The highest BCUT2D eigenvalue weighted by molar-refractivity contribution is 5.90. The molecule has 5 heteroatoms. The molecule has 0 radical (unpaired) electrons. The first-order chi connectivity index (χ1) is 11.2. The average molecular weight is 312 g/mol. The standard InChI is InChI=1S/C18H20N2O3/c1-3-20(4-2)16-11-10-15(17(21)12-16)13-19-23-18(22)14-8-6-5-7-9-14/h5-13,21H,3-4H2,1-2H3/b19-13+. The largest absolute Gasteiger partial charge is 0.507 e. The number of benzene rings is 2. The summed E-state index contributed by atoms with van der Waals surface area (Å²) in [5, 5.41) is 13.7. The molecule has 120 valence electrons. The van der Waals surface area contributed by atoms with Crippen LogP contribution in [0.4, 0.5) is 5.69 Å². The Hall–Kier alpha value is -2.82. The van der Waals surface area contributed by atoms with Crippen molar-refractivity contribution in [2.24, 2.45) is 5.16 Å².